The number of carbonyl (C=O) groups excluding carboxylic acids is 1. The van der Waals surface area contributed by atoms with Gasteiger partial charge in [-0.05, 0) is 12.1 Å². The van der Waals surface area contributed by atoms with Crippen LogP contribution in [0.3, 0.4) is 0 Å². The normalized spacial score (nSPS) is 17.2. The molecule has 0 bridgehead atoms. The molecule has 1 aromatic carbocycles. The molecule has 6 heteroatoms. The first-order valence-electron chi connectivity index (χ1n) is 6.36. The number of rotatable bonds is 4. The highest BCUT2D eigenvalue weighted by Crippen LogP contribution is 2.24. The SMILES string of the molecule is COc1ccccc1C(=O)NC1(C(=O)O)CCOCC1. The van der Waals surface area contributed by atoms with Gasteiger partial charge in [0.05, 0.1) is 12.7 Å². The summed E-state index contributed by atoms with van der Waals surface area (Å²) in [6.07, 6.45) is 0.506. The first-order valence-corrected chi connectivity index (χ1v) is 6.36. The Labute approximate surface area is 116 Å². The van der Waals surface area contributed by atoms with Crippen LogP contribution >= 0.6 is 0 Å². The molecule has 1 aliphatic heterocycles. The predicted octanol–water partition coefficient (Wildman–Crippen LogP) is 1.06. The third kappa shape index (κ3) is 2.75. The number of benzene rings is 1. The van der Waals surface area contributed by atoms with Crippen molar-refractivity contribution in [2.24, 2.45) is 0 Å². The van der Waals surface area contributed by atoms with Crippen LogP contribution in [0, 0.1) is 0 Å². The van der Waals surface area contributed by atoms with Gasteiger partial charge in [0.2, 0.25) is 0 Å². The number of para-hydroxylation sites is 1. The highest BCUT2D eigenvalue weighted by molar-refractivity contribution is 6.00. The fraction of sp³-hybridized carbons (Fsp3) is 0.429. The van der Waals surface area contributed by atoms with Crippen LogP contribution in [0.1, 0.15) is 23.2 Å². The van der Waals surface area contributed by atoms with Crippen molar-refractivity contribution >= 4 is 11.9 Å². The Morgan fingerprint density at radius 2 is 1.95 bits per heavy atom. The van der Waals surface area contributed by atoms with Crippen molar-refractivity contribution in [1.29, 1.82) is 0 Å². The van der Waals surface area contributed by atoms with Crippen LogP contribution in [0.25, 0.3) is 0 Å². The number of aliphatic carboxylic acids is 1. The summed E-state index contributed by atoms with van der Waals surface area (Å²) in [6.45, 7) is 0.636. The topological polar surface area (TPSA) is 84.9 Å². The lowest BCUT2D eigenvalue weighted by Gasteiger charge is -2.34. The maximum absolute atomic E-state index is 12.3. The Morgan fingerprint density at radius 1 is 1.30 bits per heavy atom. The van der Waals surface area contributed by atoms with E-state index in [0.29, 0.717) is 24.5 Å². The number of methoxy groups -OCH3 is 1. The van der Waals surface area contributed by atoms with Gasteiger partial charge in [-0.3, -0.25) is 4.79 Å². The molecular weight excluding hydrogens is 262 g/mol. The Kier molecular flexibility index (Phi) is 4.24. The second kappa shape index (κ2) is 5.92. The number of carboxylic acid groups (broad SMARTS) is 1. The molecule has 0 aromatic heterocycles. The maximum atomic E-state index is 12.3. The van der Waals surface area contributed by atoms with Gasteiger partial charge in [-0.1, -0.05) is 12.1 Å². The highest BCUT2D eigenvalue weighted by Gasteiger charge is 2.42. The molecule has 0 radical (unpaired) electrons. The number of carboxylic acids is 1. The molecule has 1 fully saturated rings. The van der Waals surface area contributed by atoms with E-state index >= 15 is 0 Å². The van der Waals surface area contributed by atoms with Crippen molar-refractivity contribution in [3.63, 3.8) is 0 Å². The summed E-state index contributed by atoms with van der Waals surface area (Å²) in [6, 6.07) is 6.71. The quantitative estimate of drug-likeness (QED) is 0.860. The second-order valence-corrected chi connectivity index (χ2v) is 4.65. The zero-order valence-electron chi connectivity index (χ0n) is 11.2. The standard InChI is InChI=1S/C14H17NO5/c1-19-11-5-3-2-4-10(11)12(16)15-14(13(17)18)6-8-20-9-7-14/h2-5H,6-9H2,1H3,(H,15,16)(H,17,18). The molecule has 1 saturated heterocycles. The minimum absolute atomic E-state index is 0.253. The number of ether oxygens (including phenoxy) is 2. The predicted molar refractivity (Wildman–Crippen MR) is 70.9 cm³/mol. The molecule has 2 N–H and O–H groups in total. The summed E-state index contributed by atoms with van der Waals surface area (Å²) in [4.78, 5) is 23.8. The van der Waals surface area contributed by atoms with Crippen molar-refractivity contribution in [3.05, 3.63) is 29.8 Å². The van der Waals surface area contributed by atoms with E-state index < -0.39 is 17.4 Å². The lowest BCUT2D eigenvalue weighted by atomic mass is 9.89. The molecule has 1 aliphatic rings. The van der Waals surface area contributed by atoms with Crippen molar-refractivity contribution < 1.29 is 24.2 Å². The van der Waals surface area contributed by atoms with E-state index in [2.05, 4.69) is 5.32 Å². The van der Waals surface area contributed by atoms with Gasteiger partial charge in [0, 0.05) is 26.1 Å². The van der Waals surface area contributed by atoms with Crippen LogP contribution in [-0.2, 0) is 9.53 Å². The Morgan fingerprint density at radius 3 is 2.55 bits per heavy atom. The lowest BCUT2D eigenvalue weighted by Crippen LogP contribution is -2.57. The van der Waals surface area contributed by atoms with Gasteiger partial charge in [0.1, 0.15) is 11.3 Å². The van der Waals surface area contributed by atoms with Gasteiger partial charge >= 0.3 is 5.97 Å². The fourth-order valence-electron chi connectivity index (χ4n) is 2.23. The third-order valence-corrected chi connectivity index (χ3v) is 3.46. The first kappa shape index (κ1) is 14.3. The number of hydrogen-bond acceptors (Lipinski definition) is 4. The Bertz CT molecular complexity index is 508. The number of amides is 1. The van der Waals surface area contributed by atoms with E-state index in [9.17, 15) is 14.7 Å². The monoisotopic (exact) mass is 279 g/mol. The molecule has 1 aromatic rings. The van der Waals surface area contributed by atoms with E-state index in [1.807, 2.05) is 0 Å². The summed E-state index contributed by atoms with van der Waals surface area (Å²) in [5.74, 6) is -1.08. The molecule has 2 rings (SSSR count). The van der Waals surface area contributed by atoms with E-state index in [-0.39, 0.29) is 12.8 Å². The molecule has 6 nitrogen and oxygen atoms in total. The van der Waals surface area contributed by atoms with Gasteiger partial charge in [-0.15, -0.1) is 0 Å². The lowest BCUT2D eigenvalue weighted by molar-refractivity contribution is -0.148. The average Bonchev–Trinajstić information content (AvgIpc) is 2.48. The first-order chi connectivity index (χ1) is 9.59. The van der Waals surface area contributed by atoms with Gasteiger partial charge in [0.15, 0.2) is 0 Å². The molecule has 0 saturated carbocycles. The van der Waals surface area contributed by atoms with Crippen molar-refractivity contribution in [2.45, 2.75) is 18.4 Å². The van der Waals surface area contributed by atoms with Crippen LogP contribution in [0.15, 0.2) is 24.3 Å². The fourth-order valence-corrected chi connectivity index (χ4v) is 2.23. The van der Waals surface area contributed by atoms with Crippen LogP contribution < -0.4 is 10.1 Å². The Hall–Kier alpha value is -2.08. The third-order valence-electron chi connectivity index (χ3n) is 3.46. The van der Waals surface area contributed by atoms with Crippen LogP contribution in [0.4, 0.5) is 0 Å². The zero-order valence-corrected chi connectivity index (χ0v) is 11.2. The van der Waals surface area contributed by atoms with E-state index in [1.54, 1.807) is 24.3 Å². The number of carbonyl (C=O) groups is 2. The summed E-state index contributed by atoms with van der Waals surface area (Å²) in [5, 5.41) is 12.0. The van der Waals surface area contributed by atoms with Gasteiger partial charge in [-0.2, -0.15) is 0 Å². The van der Waals surface area contributed by atoms with Crippen LogP contribution in [-0.4, -0.2) is 42.8 Å². The smallest absolute Gasteiger partial charge is 0.329 e. The van der Waals surface area contributed by atoms with E-state index in [4.69, 9.17) is 9.47 Å². The average molecular weight is 279 g/mol. The molecule has 0 spiro atoms. The van der Waals surface area contributed by atoms with Crippen LogP contribution in [0.5, 0.6) is 5.75 Å². The van der Waals surface area contributed by atoms with Gasteiger partial charge in [-0.25, -0.2) is 4.79 Å². The van der Waals surface area contributed by atoms with Gasteiger partial charge < -0.3 is 19.9 Å². The van der Waals surface area contributed by atoms with E-state index in [1.165, 1.54) is 7.11 Å². The molecule has 0 atom stereocenters. The maximum Gasteiger partial charge on any atom is 0.329 e. The summed E-state index contributed by atoms with van der Waals surface area (Å²) in [5.41, 5.74) is -0.946. The van der Waals surface area contributed by atoms with Crippen molar-refractivity contribution in [2.75, 3.05) is 20.3 Å². The number of hydrogen-bond donors (Lipinski definition) is 2. The second-order valence-electron chi connectivity index (χ2n) is 4.65. The molecule has 0 aliphatic carbocycles. The summed E-state index contributed by atoms with van der Waals surface area (Å²) in [7, 11) is 1.47. The number of nitrogens with one attached hydrogen (secondary N) is 1. The Balaban J connectivity index is 2.22. The highest BCUT2D eigenvalue weighted by atomic mass is 16.5. The molecule has 20 heavy (non-hydrogen) atoms. The summed E-state index contributed by atoms with van der Waals surface area (Å²) >= 11 is 0. The molecule has 1 amide bonds. The van der Waals surface area contributed by atoms with Crippen molar-refractivity contribution in [3.8, 4) is 5.75 Å². The van der Waals surface area contributed by atoms with Crippen molar-refractivity contribution in [1.82, 2.24) is 5.32 Å². The minimum Gasteiger partial charge on any atom is -0.496 e. The molecular formula is C14H17NO5. The summed E-state index contributed by atoms with van der Waals surface area (Å²) < 4.78 is 10.3. The van der Waals surface area contributed by atoms with Gasteiger partial charge in [0.25, 0.3) is 5.91 Å². The van der Waals surface area contributed by atoms with E-state index in [0.717, 1.165) is 0 Å². The molecule has 0 unspecified atom stereocenters. The largest absolute Gasteiger partial charge is 0.496 e. The molecule has 108 valence electrons. The zero-order chi connectivity index (χ0) is 14.6. The molecule has 1 heterocycles. The minimum atomic E-state index is -1.27. The van der Waals surface area contributed by atoms with Crippen LogP contribution in [0.2, 0.25) is 0 Å².